The average Bonchev–Trinajstić information content (AvgIpc) is 2.39. The summed E-state index contributed by atoms with van der Waals surface area (Å²) in [5, 5.41) is 3.03. The van der Waals surface area contributed by atoms with Crippen molar-refractivity contribution in [2.24, 2.45) is 0 Å². The van der Waals surface area contributed by atoms with Crippen molar-refractivity contribution in [1.29, 1.82) is 0 Å². The fraction of sp³-hybridized carbons (Fsp3) is 0.562. The second-order valence-electron chi connectivity index (χ2n) is 4.90. The Balaban J connectivity index is 2.03. The molecule has 0 fully saturated rings. The molecule has 1 amide bonds. The second kappa shape index (κ2) is 9.90. The molecule has 0 saturated heterocycles. The molecule has 1 aromatic rings. The highest BCUT2D eigenvalue weighted by Gasteiger charge is 2.05. The molecule has 2 nitrogen and oxygen atoms in total. The number of benzene rings is 1. The Morgan fingerprint density at radius 2 is 2.05 bits per heavy atom. The number of hydrogen-bond acceptors (Lipinski definition) is 2. The van der Waals surface area contributed by atoms with E-state index >= 15 is 0 Å². The van der Waals surface area contributed by atoms with Gasteiger partial charge < -0.3 is 5.32 Å². The summed E-state index contributed by atoms with van der Waals surface area (Å²) in [6.45, 7) is 4.21. The molecule has 1 aromatic carbocycles. The van der Waals surface area contributed by atoms with Gasteiger partial charge in [0, 0.05) is 6.04 Å². The first-order valence-electron chi connectivity index (χ1n) is 7.13. The van der Waals surface area contributed by atoms with Gasteiger partial charge in [-0.15, -0.1) is 0 Å². The summed E-state index contributed by atoms with van der Waals surface area (Å²) in [6.07, 6.45) is 4.41. The number of carbonyl (C=O) groups excluding carboxylic acids is 1. The first kappa shape index (κ1) is 16.1. The van der Waals surface area contributed by atoms with Gasteiger partial charge in [-0.25, -0.2) is 0 Å². The van der Waals surface area contributed by atoms with Crippen LogP contribution in [0.3, 0.4) is 0 Å². The summed E-state index contributed by atoms with van der Waals surface area (Å²) in [5.74, 6) is 1.80. The quantitative estimate of drug-likeness (QED) is 0.699. The molecule has 0 aliphatic rings. The van der Waals surface area contributed by atoms with Crippen molar-refractivity contribution < 1.29 is 4.79 Å². The minimum atomic E-state index is 0.172. The summed E-state index contributed by atoms with van der Waals surface area (Å²) in [7, 11) is 0. The highest BCUT2D eigenvalue weighted by atomic mass is 32.2. The number of nitrogens with one attached hydrogen (secondary N) is 1. The zero-order valence-corrected chi connectivity index (χ0v) is 12.8. The first-order valence-corrected chi connectivity index (χ1v) is 8.29. The van der Waals surface area contributed by atoms with Crippen molar-refractivity contribution in [2.75, 3.05) is 11.5 Å². The molecule has 0 aliphatic heterocycles. The SMILES string of the molecule is CCC[C@H](C)NC(=O)CSCCCc1ccccc1. The van der Waals surface area contributed by atoms with Crippen molar-refractivity contribution in [3.8, 4) is 0 Å². The first-order chi connectivity index (χ1) is 9.22. The summed E-state index contributed by atoms with van der Waals surface area (Å²) in [5.41, 5.74) is 1.38. The molecule has 1 rings (SSSR count). The van der Waals surface area contributed by atoms with Gasteiger partial charge in [0.25, 0.3) is 0 Å². The van der Waals surface area contributed by atoms with Gasteiger partial charge in [0.1, 0.15) is 0 Å². The maximum absolute atomic E-state index is 11.6. The van der Waals surface area contributed by atoms with E-state index in [-0.39, 0.29) is 5.91 Å². The standard InChI is InChI=1S/C16H25NOS/c1-3-8-14(2)17-16(18)13-19-12-7-11-15-9-5-4-6-10-15/h4-6,9-10,14H,3,7-8,11-13H2,1-2H3,(H,17,18)/t14-/m0/s1. The molecule has 106 valence electrons. The van der Waals surface area contributed by atoms with Gasteiger partial charge in [-0.3, -0.25) is 4.79 Å². The Bertz CT molecular complexity index is 353. The fourth-order valence-corrected chi connectivity index (χ4v) is 2.77. The van der Waals surface area contributed by atoms with Crippen LogP contribution in [0, 0.1) is 0 Å². The third-order valence-corrected chi connectivity index (χ3v) is 4.00. The molecule has 0 bridgehead atoms. The summed E-state index contributed by atoms with van der Waals surface area (Å²) in [4.78, 5) is 11.6. The largest absolute Gasteiger partial charge is 0.353 e. The lowest BCUT2D eigenvalue weighted by atomic mass is 10.1. The molecule has 1 atom stereocenters. The minimum Gasteiger partial charge on any atom is -0.353 e. The Morgan fingerprint density at radius 1 is 1.32 bits per heavy atom. The maximum atomic E-state index is 11.6. The van der Waals surface area contributed by atoms with E-state index in [1.165, 1.54) is 5.56 Å². The van der Waals surface area contributed by atoms with E-state index in [1.807, 2.05) is 6.07 Å². The van der Waals surface area contributed by atoms with E-state index in [0.717, 1.165) is 31.4 Å². The van der Waals surface area contributed by atoms with Crippen molar-refractivity contribution in [2.45, 2.75) is 45.6 Å². The van der Waals surface area contributed by atoms with Gasteiger partial charge >= 0.3 is 0 Å². The van der Waals surface area contributed by atoms with Gasteiger partial charge in [-0.1, -0.05) is 43.7 Å². The van der Waals surface area contributed by atoms with Crippen LogP contribution in [0.15, 0.2) is 30.3 Å². The Labute approximate surface area is 121 Å². The number of thioether (sulfide) groups is 1. The lowest BCUT2D eigenvalue weighted by molar-refractivity contribution is -0.119. The molecule has 19 heavy (non-hydrogen) atoms. The van der Waals surface area contributed by atoms with E-state index in [2.05, 4.69) is 43.4 Å². The predicted octanol–water partition coefficient (Wildman–Crippen LogP) is 3.66. The lowest BCUT2D eigenvalue weighted by Crippen LogP contribution is -2.33. The maximum Gasteiger partial charge on any atom is 0.230 e. The van der Waals surface area contributed by atoms with Crippen LogP contribution in [-0.4, -0.2) is 23.5 Å². The second-order valence-corrected chi connectivity index (χ2v) is 6.00. The van der Waals surface area contributed by atoms with Gasteiger partial charge in [0.2, 0.25) is 5.91 Å². The normalized spacial score (nSPS) is 12.1. The van der Waals surface area contributed by atoms with Crippen LogP contribution in [0.25, 0.3) is 0 Å². The van der Waals surface area contributed by atoms with Crippen LogP contribution in [0.4, 0.5) is 0 Å². The molecule has 0 aromatic heterocycles. The Hall–Kier alpha value is -0.960. The van der Waals surface area contributed by atoms with Crippen LogP contribution in [0.1, 0.15) is 38.7 Å². The smallest absolute Gasteiger partial charge is 0.230 e. The van der Waals surface area contributed by atoms with Gasteiger partial charge in [-0.05, 0) is 37.5 Å². The molecule has 0 unspecified atom stereocenters. The number of rotatable bonds is 9. The molecular formula is C16H25NOS. The fourth-order valence-electron chi connectivity index (χ4n) is 2.01. The topological polar surface area (TPSA) is 29.1 Å². The number of amides is 1. The monoisotopic (exact) mass is 279 g/mol. The van der Waals surface area contributed by atoms with Crippen LogP contribution >= 0.6 is 11.8 Å². The average molecular weight is 279 g/mol. The van der Waals surface area contributed by atoms with Crippen LogP contribution in [0.5, 0.6) is 0 Å². The van der Waals surface area contributed by atoms with E-state index in [4.69, 9.17) is 0 Å². The molecule has 0 spiro atoms. The van der Waals surface area contributed by atoms with Crippen molar-refractivity contribution >= 4 is 17.7 Å². The van der Waals surface area contributed by atoms with Crippen molar-refractivity contribution in [3.05, 3.63) is 35.9 Å². The minimum absolute atomic E-state index is 0.172. The Kier molecular flexibility index (Phi) is 8.39. The van der Waals surface area contributed by atoms with Crippen LogP contribution < -0.4 is 5.32 Å². The molecule has 0 radical (unpaired) electrons. The number of hydrogen-bond donors (Lipinski definition) is 1. The Morgan fingerprint density at radius 3 is 2.74 bits per heavy atom. The number of carbonyl (C=O) groups is 1. The lowest BCUT2D eigenvalue weighted by Gasteiger charge is -2.12. The summed E-state index contributed by atoms with van der Waals surface area (Å²) >= 11 is 1.73. The van der Waals surface area contributed by atoms with Crippen molar-refractivity contribution in [3.63, 3.8) is 0 Å². The van der Waals surface area contributed by atoms with E-state index in [1.54, 1.807) is 11.8 Å². The highest BCUT2D eigenvalue weighted by Crippen LogP contribution is 2.08. The van der Waals surface area contributed by atoms with E-state index in [9.17, 15) is 4.79 Å². The van der Waals surface area contributed by atoms with Crippen molar-refractivity contribution in [1.82, 2.24) is 5.32 Å². The van der Waals surface area contributed by atoms with Gasteiger partial charge in [0.05, 0.1) is 5.75 Å². The van der Waals surface area contributed by atoms with Gasteiger partial charge in [0.15, 0.2) is 0 Å². The third-order valence-electron chi connectivity index (χ3n) is 2.96. The van der Waals surface area contributed by atoms with E-state index in [0.29, 0.717) is 11.8 Å². The summed E-state index contributed by atoms with van der Waals surface area (Å²) in [6, 6.07) is 10.8. The summed E-state index contributed by atoms with van der Waals surface area (Å²) < 4.78 is 0. The highest BCUT2D eigenvalue weighted by molar-refractivity contribution is 7.99. The van der Waals surface area contributed by atoms with Gasteiger partial charge in [-0.2, -0.15) is 11.8 Å². The molecule has 1 N–H and O–H groups in total. The molecule has 0 heterocycles. The van der Waals surface area contributed by atoms with Crippen LogP contribution in [0.2, 0.25) is 0 Å². The third kappa shape index (κ3) is 7.93. The molecule has 0 aliphatic carbocycles. The number of aryl methyl sites for hydroxylation is 1. The predicted molar refractivity (Wildman–Crippen MR) is 84.6 cm³/mol. The van der Waals surface area contributed by atoms with Crippen LogP contribution in [-0.2, 0) is 11.2 Å². The zero-order valence-electron chi connectivity index (χ0n) is 12.0. The molecule has 0 saturated carbocycles. The zero-order chi connectivity index (χ0) is 13.9. The molecule has 3 heteroatoms. The van der Waals surface area contributed by atoms with E-state index < -0.39 is 0 Å². The molecular weight excluding hydrogens is 254 g/mol.